The van der Waals surface area contributed by atoms with Crippen LogP contribution in [0.25, 0.3) is 0 Å². The molecule has 0 saturated heterocycles. The molecule has 1 saturated carbocycles. The maximum absolute atomic E-state index is 10.8. The van der Waals surface area contributed by atoms with Crippen LogP contribution in [0.4, 0.5) is 5.82 Å². The minimum absolute atomic E-state index is 0.00369. The fourth-order valence-electron chi connectivity index (χ4n) is 2.68. The SMILES string of the molecule is CC(C)CCN(c1cnc(C(=O)O)cn1)C1CCCC1. The second-order valence-electron chi connectivity index (χ2n) is 5.88. The first kappa shape index (κ1) is 14.8. The molecule has 1 fully saturated rings. The molecule has 1 aromatic heterocycles. The van der Waals surface area contributed by atoms with E-state index < -0.39 is 5.97 Å². The first-order valence-electron chi connectivity index (χ1n) is 7.40. The third kappa shape index (κ3) is 3.68. The Balaban J connectivity index is 2.13. The van der Waals surface area contributed by atoms with Gasteiger partial charge in [0.1, 0.15) is 5.82 Å². The normalized spacial score (nSPS) is 15.8. The van der Waals surface area contributed by atoms with Crippen molar-refractivity contribution in [1.29, 1.82) is 0 Å². The highest BCUT2D eigenvalue weighted by Crippen LogP contribution is 2.27. The largest absolute Gasteiger partial charge is 0.476 e. The Bertz CT molecular complexity index is 439. The Kier molecular flexibility index (Phi) is 4.93. The Hall–Kier alpha value is -1.65. The van der Waals surface area contributed by atoms with Crippen LogP contribution in [0.1, 0.15) is 56.4 Å². The molecule has 0 radical (unpaired) electrons. The number of hydrogen-bond acceptors (Lipinski definition) is 4. The van der Waals surface area contributed by atoms with Crippen molar-refractivity contribution in [3.63, 3.8) is 0 Å². The summed E-state index contributed by atoms with van der Waals surface area (Å²) in [6.45, 7) is 5.39. The van der Waals surface area contributed by atoms with Crippen molar-refractivity contribution >= 4 is 11.8 Å². The molecular weight excluding hydrogens is 254 g/mol. The number of aromatic carboxylic acids is 1. The highest BCUT2D eigenvalue weighted by atomic mass is 16.4. The first-order chi connectivity index (χ1) is 9.58. The molecule has 0 aromatic carbocycles. The van der Waals surface area contributed by atoms with Crippen LogP contribution in [0.15, 0.2) is 12.4 Å². The standard InChI is InChI=1S/C15H23N3O2/c1-11(2)7-8-18(12-5-3-4-6-12)14-10-16-13(9-17-14)15(19)20/h9-12H,3-8H2,1-2H3,(H,19,20). The van der Waals surface area contributed by atoms with E-state index in [0.29, 0.717) is 12.0 Å². The smallest absolute Gasteiger partial charge is 0.356 e. The molecule has 0 aliphatic heterocycles. The topological polar surface area (TPSA) is 66.3 Å². The average molecular weight is 277 g/mol. The second-order valence-corrected chi connectivity index (χ2v) is 5.88. The highest BCUT2D eigenvalue weighted by molar-refractivity contribution is 5.84. The zero-order valence-electron chi connectivity index (χ0n) is 12.2. The van der Waals surface area contributed by atoms with E-state index in [2.05, 4.69) is 28.7 Å². The molecule has 2 rings (SSSR count). The van der Waals surface area contributed by atoms with Gasteiger partial charge in [-0.2, -0.15) is 0 Å². The van der Waals surface area contributed by atoms with Gasteiger partial charge in [0.25, 0.3) is 0 Å². The number of carbonyl (C=O) groups is 1. The van der Waals surface area contributed by atoms with Crippen LogP contribution in [-0.2, 0) is 0 Å². The summed E-state index contributed by atoms with van der Waals surface area (Å²) >= 11 is 0. The summed E-state index contributed by atoms with van der Waals surface area (Å²) in [5.74, 6) is 0.423. The number of anilines is 1. The molecular formula is C15H23N3O2. The van der Waals surface area contributed by atoms with E-state index in [1.807, 2.05) is 0 Å². The van der Waals surface area contributed by atoms with Crippen molar-refractivity contribution in [1.82, 2.24) is 9.97 Å². The van der Waals surface area contributed by atoms with Crippen LogP contribution >= 0.6 is 0 Å². The maximum atomic E-state index is 10.8. The Morgan fingerprint density at radius 1 is 1.35 bits per heavy atom. The van der Waals surface area contributed by atoms with E-state index in [4.69, 9.17) is 5.11 Å². The molecule has 1 aliphatic rings. The fraction of sp³-hybridized carbons (Fsp3) is 0.667. The zero-order chi connectivity index (χ0) is 14.5. The lowest BCUT2D eigenvalue weighted by Gasteiger charge is -2.30. The number of aromatic nitrogens is 2. The third-order valence-electron chi connectivity index (χ3n) is 3.86. The summed E-state index contributed by atoms with van der Waals surface area (Å²) < 4.78 is 0. The van der Waals surface area contributed by atoms with E-state index in [1.54, 1.807) is 6.20 Å². The van der Waals surface area contributed by atoms with Crippen LogP contribution in [0.3, 0.4) is 0 Å². The molecule has 5 nitrogen and oxygen atoms in total. The summed E-state index contributed by atoms with van der Waals surface area (Å²) in [6.07, 6.45) is 8.99. The molecule has 1 heterocycles. The molecule has 0 amide bonds. The van der Waals surface area contributed by atoms with Crippen molar-refractivity contribution in [2.45, 2.75) is 52.0 Å². The molecule has 1 N–H and O–H groups in total. The van der Waals surface area contributed by atoms with Gasteiger partial charge in [0.2, 0.25) is 0 Å². The molecule has 110 valence electrons. The Labute approximate surface area is 120 Å². The van der Waals surface area contributed by atoms with Gasteiger partial charge in [0.15, 0.2) is 5.69 Å². The van der Waals surface area contributed by atoms with Crippen LogP contribution in [0.5, 0.6) is 0 Å². The highest BCUT2D eigenvalue weighted by Gasteiger charge is 2.24. The van der Waals surface area contributed by atoms with Crippen LogP contribution in [-0.4, -0.2) is 33.6 Å². The van der Waals surface area contributed by atoms with Gasteiger partial charge in [-0.25, -0.2) is 14.8 Å². The summed E-state index contributed by atoms with van der Waals surface area (Å²) in [5, 5.41) is 8.89. The molecule has 0 spiro atoms. The van der Waals surface area contributed by atoms with Gasteiger partial charge in [0.05, 0.1) is 12.4 Å². The lowest BCUT2D eigenvalue weighted by molar-refractivity contribution is 0.0690. The van der Waals surface area contributed by atoms with Gasteiger partial charge in [-0.1, -0.05) is 26.7 Å². The Morgan fingerprint density at radius 3 is 2.55 bits per heavy atom. The van der Waals surface area contributed by atoms with E-state index >= 15 is 0 Å². The van der Waals surface area contributed by atoms with E-state index in [-0.39, 0.29) is 5.69 Å². The number of rotatable bonds is 6. The van der Waals surface area contributed by atoms with Crippen LogP contribution < -0.4 is 4.90 Å². The first-order valence-corrected chi connectivity index (χ1v) is 7.40. The minimum Gasteiger partial charge on any atom is -0.476 e. The van der Waals surface area contributed by atoms with Gasteiger partial charge in [-0.3, -0.25) is 0 Å². The maximum Gasteiger partial charge on any atom is 0.356 e. The quantitative estimate of drug-likeness (QED) is 0.866. The summed E-state index contributed by atoms with van der Waals surface area (Å²) in [4.78, 5) is 21.4. The molecule has 1 aliphatic carbocycles. The summed E-state index contributed by atoms with van der Waals surface area (Å²) in [5.41, 5.74) is 0.00369. The predicted molar refractivity (Wildman–Crippen MR) is 78.0 cm³/mol. The summed E-state index contributed by atoms with van der Waals surface area (Å²) in [7, 11) is 0. The van der Waals surface area contributed by atoms with E-state index in [0.717, 1.165) is 18.8 Å². The molecule has 20 heavy (non-hydrogen) atoms. The van der Waals surface area contributed by atoms with E-state index in [9.17, 15) is 4.79 Å². The van der Waals surface area contributed by atoms with Crippen LogP contribution in [0.2, 0.25) is 0 Å². The molecule has 0 unspecified atom stereocenters. The average Bonchev–Trinajstić information content (AvgIpc) is 2.93. The lowest BCUT2D eigenvalue weighted by Crippen LogP contribution is -2.35. The molecule has 0 atom stereocenters. The number of hydrogen-bond donors (Lipinski definition) is 1. The monoisotopic (exact) mass is 277 g/mol. The third-order valence-corrected chi connectivity index (χ3v) is 3.86. The van der Waals surface area contributed by atoms with E-state index in [1.165, 1.54) is 31.9 Å². The zero-order valence-corrected chi connectivity index (χ0v) is 12.2. The minimum atomic E-state index is -1.03. The van der Waals surface area contributed by atoms with Crippen molar-refractivity contribution in [2.24, 2.45) is 5.92 Å². The van der Waals surface area contributed by atoms with Crippen molar-refractivity contribution in [3.05, 3.63) is 18.1 Å². The lowest BCUT2D eigenvalue weighted by atomic mass is 10.1. The van der Waals surface area contributed by atoms with Gasteiger partial charge >= 0.3 is 5.97 Å². The predicted octanol–water partition coefficient (Wildman–Crippen LogP) is 2.97. The van der Waals surface area contributed by atoms with Crippen molar-refractivity contribution < 1.29 is 9.90 Å². The fourth-order valence-corrected chi connectivity index (χ4v) is 2.68. The van der Waals surface area contributed by atoms with Gasteiger partial charge < -0.3 is 10.0 Å². The van der Waals surface area contributed by atoms with Gasteiger partial charge in [0, 0.05) is 12.6 Å². The molecule has 0 bridgehead atoms. The number of carboxylic acids is 1. The summed E-state index contributed by atoms with van der Waals surface area (Å²) in [6, 6.07) is 0.527. The van der Waals surface area contributed by atoms with Gasteiger partial charge in [-0.15, -0.1) is 0 Å². The second kappa shape index (κ2) is 6.68. The van der Waals surface area contributed by atoms with Crippen LogP contribution in [0, 0.1) is 5.92 Å². The molecule has 1 aromatic rings. The van der Waals surface area contributed by atoms with Crippen molar-refractivity contribution in [2.75, 3.05) is 11.4 Å². The van der Waals surface area contributed by atoms with Crippen molar-refractivity contribution in [3.8, 4) is 0 Å². The number of nitrogens with zero attached hydrogens (tertiary/aromatic N) is 3. The van der Waals surface area contributed by atoms with Gasteiger partial charge in [-0.05, 0) is 25.2 Å². The number of carboxylic acid groups (broad SMARTS) is 1. The Morgan fingerprint density at radius 2 is 2.05 bits per heavy atom. The molecule has 5 heteroatoms.